The van der Waals surface area contributed by atoms with Crippen molar-refractivity contribution >= 4 is 21.8 Å². The molecule has 0 radical (unpaired) electrons. The summed E-state index contributed by atoms with van der Waals surface area (Å²) in [7, 11) is 0. The van der Waals surface area contributed by atoms with E-state index in [4.69, 9.17) is 0 Å². The molecule has 1 aromatic carbocycles. The van der Waals surface area contributed by atoms with Crippen molar-refractivity contribution in [1.82, 2.24) is 9.97 Å². The molecular formula is C14H12N2O2. The Balaban J connectivity index is 2.59. The van der Waals surface area contributed by atoms with E-state index in [2.05, 4.69) is 9.97 Å². The van der Waals surface area contributed by atoms with E-state index >= 15 is 0 Å². The van der Waals surface area contributed by atoms with Gasteiger partial charge >= 0.3 is 0 Å². The molecule has 0 spiro atoms. The third-order valence-electron chi connectivity index (χ3n) is 3.22. The maximum Gasteiger partial charge on any atom is 0.248 e. The number of aromatic nitrogens is 2. The predicted molar refractivity (Wildman–Crippen MR) is 72.2 cm³/mol. The zero-order valence-corrected chi connectivity index (χ0v) is 10.1. The van der Waals surface area contributed by atoms with Gasteiger partial charge in [-0.3, -0.25) is 9.59 Å². The van der Waals surface area contributed by atoms with Crippen LogP contribution in [0.4, 0.5) is 0 Å². The van der Waals surface area contributed by atoms with Gasteiger partial charge in [-0.2, -0.15) is 0 Å². The first kappa shape index (κ1) is 10.8. The Morgan fingerprint density at radius 2 is 1.17 bits per heavy atom. The van der Waals surface area contributed by atoms with Crippen LogP contribution in [0.5, 0.6) is 0 Å². The quantitative estimate of drug-likeness (QED) is 0.590. The largest absolute Gasteiger partial charge is 0.322 e. The average molecular weight is 240 g/mol. The molecule has 0 atom stereocenters. The minimum atomic E-state index is -0.130. The fourth-order valence-corrected chi connectivity index (χ4v) is 2.35. The van der Waals surface area contributed by atoms with Crippen molar-refractivity contribution in [3.63, 3.8) is 0 Å². The molecule has 0 amide bonds. The summed E-state index contributed by atoms with van der Waals surface area (Å²) in [5.74, 6) is 0. The topological polar surface area (TPSA) is 65.7 Å². The molecule has 2 aromatic heterocycles. The van der Waals surface area contributed by atoms with Gasteiger partial charge in [-0.05, 0) is 37.1 Å². The number of hydrogen-bond donors (Lipinski definition) is 2. The van der Waals surface area contributed by atoms with Crippen molar-refractivity contribution in [3.8, 4) is 0 Å². The molecular weight excluding hydrogens is 228 g/mol. The highest BCUT2D eigenvalue weighted by atomic mass is 16.1. The van der Waals surface area contributed by atoms with Crippen molar-refractivity contribution < 1.29 is 0 Å². The van der Waals surface area contributed by atoms with E-state index in [0.717, 1.165) is 32.9 Å². The highest BCUT2D eigenvalue weighted by Crippen LogP contribution is 2.22. The summed E-state index contributed by atoms with van der Waals surface area (Å²) in [5, 5.41) is 1.99. The molecule has 0 aliphatic rings. The number of benzene rings is 1. The number of rotatable bonds is 0. The standard InChI is InChI=1S/C14H12N2O2/c1-7-3-13(17)15-11-6-12-10(5-9(7)11)8(2)4-14(18)16-12/h3-6H,1-2H3,(H,15,17)(H,16,18). The van der Waals surface area contributed by atoms with Gasteiger partial charge in [0.25, 0.3) is 0 Å². The van der Waals surface area contributed by atoms with Crippen molar-refractivity contribution in [1.29, 1.82) is 0 Å². The molecule has 4 heteroatoms. The lowest BCUT2D eigenvalue weighted by Gasteiger charge is -2.06. The molecule has 3 rings (SSSR count). The van der Waals surface area contributed by atoms with Crippen molar-refractivity contribution in [2.75, 3.05) is 0 Å². The van der Waals surface area contributed by atoms with Crippen LogP contribution >= 0.6 is 0 Å². The van der Waals surface area contributed by atoms with E-state index in [1.165, 1.54) is 0 Å². The number of aromatic amines is 2. The molecule has 0 unspecified atom stereocenters. The van der Waals surface area contributed by atoms with Crippen LogP contribution < -0.4 is 11.1 Å². The van der Waals surface area contributed by atoms with E-state index in [1.54, 1.807) is 12.1 Å². The SMILES string of the molecule is Cc1cc(=O)[nH]c2cc3[nH]c(=O)cc(C)c3cc12. The summed E-state index contributed by atoms with van der Waals surface area (Å²) in [6.45, 7) is 3.81. The highest BCUT2D eigenvalue weighted by Gasteiger charge is 2.05. The molecule has 2 N–H and O–H groups in total. The first-order valence-corrected chi connectivity index (χ1v) is 5.72. The highest BCUT2D eigenvalue weighted by molar-refractivity contribution is 5.97. The minimum Gasteiger partial charge on any atom is -0.322 e. The fourth-order valence-electron chi connectivity index (χ4n) is 2.35. The zero-order chi connectivity index (χ0) is 12.9. The molecule has 18 heavy (non-hydrogen) atoms. The Morgan fingerprint density at radius 1 is 0.722 bits per heavy atom. The summed E-state index contributed by atoms with van der Waals surface area (Å²) in [5.41, 5.74) is 3.09. The number of pyridine rings is 2. The Hall–Kier alpha value is -2.36. The van der Waals surface area contributed by atoms with Gasteiger partial charge in [0.2, 0.25) is 11.1 Å². The van der Waals surface area contributed by atoms with Gasteiger partial charge in [-0.1, -0.05) is 0 Å². The summed E-state index contributed by atoms with van der Waals surface area (Å²) >= 11 is 0. The van der Waals surface area contributed by atoms with Crippen molar-refractivity contribution in [2.45, 2.75) is 13.8 Å². The Bertz CT molecular complexity index is 817. The van der Waals surface area contributed by atoms with Crippen molar-refractivity contribution in [2.24, 2.45) is 0 Å². The molecule has 0 saturated heterocycles. The number of H-pyrrole nitrogens is 2. The molecule has 0 aliphatic heterocycles. The molecule has 0 fully saturated rings. The minimum absolute atomic E-state index is 0.130. The fraction of sp³-hybridized carbons (Fsp3) is 0.143. The van der Waals surface area contributed by atoms with E-state index in [1.807, 2.05) is 26.0 Å². The molecule has 3 aromatic rings. The lowest BCUT2D eigenvalue weighted by Crippen LogP contribution is -2.07. The van der Waals surface area contributed by atoms with Crippen LogP contribution in [0.3, 0.4) is 0 Å². The van der Waals surface area contributed by atoms with E-state index < -0.39 is 0 Å². The van der Waals surface area contributed by atoms with Gasteiger partial charge in [0.15, 0.2) is 0 Å². The number of fused-ring (bicyclic) bond motifs is 2. The monoisotopic (exact) mass is 240 g/mol. The molecule has 4 nitrogen and oxygen atoms in total. The molecule has 90 valence electrons. The molecule has 2 heterocycles. The number of nitrogens with one attached hydrogen (secondary N) is 2. The first-order valence-electron chi connectivity index (χ1n) is 5.72. The molecule has 0 saturated carbocycles. The van der Waals surface area contributed by atoms with Crippen LogP contribution in [0.25, 0.3) is 21.8 Å². The van der Waals surface area contributed by atoms with Gasteiger partial charge in [-0.15, -0.1) is 0 Å². The predicted octanol–water partition coefficient (Wildman–Crippen LogP) is 1.99. The van der Waals surface area contributed by atoms with Crippen LogP contribution in [0.1, 0.15) is 11.1 Å². The molecule has 0 aliphatic carbocycles. The van der Waals surface area contributed by atoms with Gasteiger partial charge in [0.05, 0.1) is 11.0 Å². The lowest BCUT2D eigenvalue weighted by atomic mass is 10.0. The smallest absolute Gasteiger partial charge is 0.248 e. The van der Waals surface area contributed by atoms with Gasteiger partial charge < -0.3 is 9.97 Å². The summed E-state index contributed by atoms with van der Waals surface area (Å²) < 4.78 is 0. The third-order valence-corrected chi connectivity index (χ3v) is 3.22. The Labute approximate surface area is 102 Å². The van der Waals surface area contributed by atoms with Crippen LogP contribution in [-0.4, -0.2) is 9.97 Å². The van der Waals surface area contributed by atoms with E-state index in [-0.39, 0.29) is 11.1 Å². The van der Waals surface area contributed by atoms with Crippen LogP contribution in [0.2, 0.25) is 0 Å². The zero-order valence-electron chi connectivity index (χ0n) is 10.1. The lowest BCUT2D eigenvalue weighted by molar-refractivity contribution is 1.26. The van der Waals surface area contributed by atoms with E-state index in [9.17, 15) is 9.59 Å². The van der Waals surface area contributed by atoms with Crippen LogP contribution in [0, 0.1) is 13.8 Å². The third kappa shape index (κ3) is 1.54. The number of aryl methyl sites for hydroxylation is 2. The second-order valence-corrected chi connectivity index (χ2v) is 4.58. The summed E-state index contributed by atoms with van der Waals surface area (Å²) in [6, 6.07) is 6.97. The van der Waals surface area contributed by atoms with Gasteiger partial charge in [-0.25, -0.2) is 0 Å². The van der Waals surface area contributed by atoms with E-state index in [0.29, 0.717) is 0 Å². The average Bonchev–Trinajstić information content (AvgIpc) is 2.26. The summed E-state index contributed by atoms with van der Waals surface area (Å²) in [4.78, 5) is 28.5. The molecule has 0 bridgehead atoms. The maximum absolute atomic E-state index is 11.4. The Kier molecular flexibility index (Phi) is 2.13. The van der Waals surface area contributed by atoms with Crippen LogP contribution in [0.15, 0.2) is 33.9 Å². The van der Waals surface area contributed by atoms with Gasteiger partial charge in [0.1, 0.15) is 0 Å². The second-order valence-electron chi connectivity index (χ2n) is 4.58. The maximum atomic E-state index is 11.4. The second kappa shape index (κ2) is 3.57. The normalized spacial score (nSPS) is 11.2. The van der Waals surface area contributed by atoms with Crippen LogP contribution in [-0.2, 0) is 0 Å². The summed E-state index contributed by atoms with van der Waals surface area (Å²) in [6.07, 6.45) is 0. The first-order chi connectivity index (χ1) is 8.54. The Morgan fingerprint density at radius 3 is 1.61 bits per heavy atom. The number of hydrogen-bond acceptors (Lipinski definition) is 2. The van der Waals surface area contributed by atoms with Crippen molar-refractivity contribution in [3.05, 3.63) is 56.1 Å². The van der Waals surface area contributed by atoms with Gasteiger partial charge in [0, 0.05) is 22.9 Å².